The Morgan fingerprint density at radius 2 is 1.37 bits per heavy atom. The van der Waals surface area contributed by atoms with Crippen LogP contribution >= 0.6 is 0 Å². The van der Waals surface area contributed by atoms with Gasteiger partial charge < -0.3 is 9.57 Å². The Bertz CT molecular complexity index is 793. The fourth-order valence-electron chi connectivity index (χ4n) is 2.65. The van der Waals surface area contributed by atoms with E-state index in [-0.39, 0.29) is 16.6 Å². The number of nitrogens with zero attached hydrogens (tertiary/aromatic N) is 1. The van der Waals surface area contributed by atoms with E-state index in [4.69, 9.17) is 9.57 Å². The number of Topliss-reactive ketones (excluding diaryl/α,β-unsaturated/α-hetero) is 1. The van der Waals surface area contributed by atoms with E-state index in [0.29, 0.717) is 28.2 Å². The van der Waals surface area contributed by atoms with Crippen LogP contribution in [0.15, 0.2) is 52.7 Å². The summed E-state index contributed by atoms with van der Waals surface area (Å²) in [7, 11) is 1.56. The van der Waals surface area contributed by atoms with E-state index in [0.717, 1.165) is 0 Å². The molecule has 0 fully saturated rings. The number of rotatable bonds is 3. The highest BCUT2D eigenvalue weighted by atomic mass is 16.7. The van der Waals surface area contributed by atoms with Crippen LogP contribution in [-0.2, 0) is 9.63 Å². The van der Waals surface area contributed by atoms with Crippen LogP contribution in [0.1, 0.15) is 51.9 Å². The van der Waals surface area contributed by atoms with Crippen LogP contribution in [0.2, 0.25) is 0 Å². The second-order valence-corrected chi connectivity index (χ2v) is 8.57. The lowest BCUT2D eigenvalue weighted by atomic mass is 9.72. The number of hydrogen-bond acceptors (Lipinski definition) is 5. The van der Waals surface area contributed by atoms with Crippen LogP contribution < -0.4 is 4.74 Å². The summed E-state index contributed by atoms with van der Waals surface area (Å²) in [5.74, 6) is 0.0908. The van der Waals surface area contributed by atoms with Gasteiger partial charge in [0.25, 0.3) is 0 Å². The first-order valence-electron chi connectivity index (χ1n) is 8.86. The molecule has 5 nitrogen and oxygen atoms in total. The molecular formula is C22H27NO4. The van der Waals surface area contributed by atoms with E-state index in [1.54, 1.807) is 43.5 Å². The molecule has 0 aromatic heterocycles. The normalized spacial score (nSPS) is 15.1. The second kappa shape index (κ2) is 7.51. The monoisotopic (exact) mass is 369 g/mol. The predicted molar refractivity (Wildman–Crippen MR) is 106 cm³/mol. The minimum atomic E-state index is -0.571. The number of ether oxygens (including phenoxy) is 1. The first-order valence-corrected chi connectivity index (χ1v) is 8.86. The Morgan fingerprint density at radius 1 is 0.889 bits per heavy atom. The standard InChI is InChI=1S/C22H27NO4/c1-21(2,3)17-12-15(13-18(19(17)24)22(4,5)6)23-27-20(25)14-8-10-16(26-7)11-9-14/h8-13H,1-7H3. The van der Waals surface area contributed by atoms with Crippen LogP contribution in [0.4, 0.5) is 0 Å². The molecule has 0 saturated heterocycles. The van der Waals surface area contributed by atoms with Gasteiger partial charge in [0.15, 0.2) is 5.78 Å². The summed E-state index contributed by atoms with van der Waals surface area (Å²) in [6.07, 6.45) is 3.39. The molecule has 1 aliphatic rings. The third-order valence-electron chi connectivity index (χ3n) is 4.25. The van der Waals surface area contributed by atoms with Crippen LogP contribution in [0, 0.1) is 10.8 Å². The Morgan fingerprint density at radius 3 is 1.78 bits per heavy atom. The number of allylic oxidation sites excluding steroid dienone is 4. The van der Waals surface area contributed by atoms with Crippen molar-refractivity contribution in [2.45, 2.75) is 41.5 Å². The molecule has 0 amide bonds. The molecule has 1 aromatic carbocycles. The highest BCUT2D eigenvalue weighted by Gasteiger charge is 2.34. The van der Waals surface area contributed by atoms with E-state index in [2.05, 4.69) is 5.16 Å². The highest BCUT2D eigenvalue weighted by molar-refractivity contribution is 6.22. The third kappa shape index (κ3) is 4.94. The van der Waals surface area contributed by atoms with E-state index in [1.165, 1.54) is 0 Å². The van der Waals surface area contributed by atoms with Crippen molar-refractivity contribution >= 4 is 17.5 Å². The van der Waals surface area contributed by atoms with Gasteiger partial charge in [-0.3, -0.25) is 4.79 Å². The maximum atomic E-state index is 12.9. The maximum absolute atomic E-state index is 12.9. The topological polar surface area (TPSA) is 65.0 Å². The summed E-state index contributed by atoms with van der Waals surface area (Å²) in [5, 5.41) is 3.99. The summed E-state index contributed by atoms with van der Waals surface area (Å²) in [6.45, 7) is 11.9. The van der Waals surface area contributed by atoms with Gasteiger partial charge >= 0.3 is 5.97 Å². The molecule has 144 valence electrons. The maximum Gasteiger partial charge on any atom is 0.365 e. The second-order valence-electron chi connectivity index (χ2n) is 8.57. The Hall–Kier alpha value is -2.69. The molecule has 2 rings (SSSR count). The molecule has 0 radical (unpaired) electrons. The van der Waals surface area contributed by atoms with Crippen molar-refractivity contribution < 1.29 is 19.2 Å². The molecule has 0 spiro atoms. The van der Waals surface area contributed by atoms with Crippen molar-refractivity contribution in [2.24, 2.45) is 16.0 Å². The molecule has 27 heavy (non-hydrogen) atoms. The number of methoxy groups -OCH3 is 1. The van der Waals surface area contributed by atoms with Gasteiger partial charge in [-0.15, -0.1) is 0 Å². The van der Waals surface area contributed by atoms with Gasteiger partial charge in [-0.25, -0.2) is 4.79 Å². The largest absolute Gasteiger partial charge is 0.497 e. The van der Waals surface area contributed by atoms with Crippen LogP contribution in [0.5, 0.6) is 5.75 Å². The summed E-state index contributed by atoms with van der Waals surface area (Å²) < 4.78 is 5.07. The fourth-order valence-corrected chi connectivity index (χ4v) is 2.65. The van der Waals surface area contributed by atoms with Gasteiger partial charge in [-0.2, -0.15) is 0 Å². The smallest absolute Gasteiger partial charge is 0.365 e. The zero-order chi connectivity index (χ0) is 20.4. The lowest BCUT2D eigenvalue weighted by molar-refractivity contribution is -0.114. The average molecular weight is 369 g/mol. The van der Waals surface area contributed by atoms with Gasteiger partial charge in [0.2, 0.25) is 0 Å². The average Bonchev–Trinajstić information content (AvgIpc) is 2.58. The van der Waals surface area contributed by atoms with Gasteiger partial charge in [0, 0.05) is 11.1 Å². The molecule has 0 bridgehead atoms. The molecule has 0 aliphatic heterocycles. The van der Waals surface area contributed by atoms with Crippen molar-refractivity contribution in [1.29, 1.82) is 0 Å². The van der Waals surface area contributed by atoms with E-state index >= 15 is 0 Å². The minimum Gasteiger partial charge on any atom is -0.497 e. The van der Waals surface area contributed by atoms with Crippen LogP contribution in [0.25, 0.3) is 0 Å². The third-order valence-corrected chi connectivity index (χ3v) is 4.25. The Balaban J connectivity index is 2.32. The number of ketones is 1. The highest BCUT2D eigenvalue weighted by Crippen LogP contribution is 2.37. The van der Waals surface area contributed by atoms with Crippen LogP contribution in [-0.4, -0.2) is 24.6 Å². The predicted octanol–water partition coefficient (Wildman–Crippen LogP) is 4.74. The molecule has 0 N–H and O–H groups in total. The minimum absolute atomic E-state index is 0.00966. The summed E-state index contributed by atoms with van der Waals surface area (Å²) >= 11 is 0. The molecule has 0 heterocycles. The summed E-state index contributed by atoms with van der Waals surface area (Å²) in [6, 6.07) is 6.58. The van der Waals surface area contributed by atoms with Crippen molar-refractivity contribution in [3.63, 3.8) is 0 Å². The van der Waals surface area contributed by atoms with Gasteiger partial charge in [-0.1, -0.05) is 46.7 Å². The first kappa shape index (κ1) is 20.6. The van der Waals surface area contributed by atoms with Gasteiger partial charge in [0.05, 0.1) is 12.7 Å². The molecule has 1 aromatic rings. The molecule has 0 unspecified atom stereocenters. The number of carbonyl (C=O) groups is 2. The van der Waals surface area contributed by atoms with Crippen molar-refractivity contribution in [2.75, 3.05) is 7.11 Å². The van der Waals surface area contributed by atoms with Gasteiger partial charge in [0.1, 0.15) is 11.5 Å². The number of carbonyl (C=O) groups excluding carboxylic acids is 2. The SMILES string of the molecule is COc1ccc(C(=O)ON=C2C=C(C(C)(C)C)C(=O)C(C(C)(C)C)=C2)cc1. The number of benzene rings is 1. The summed E-state index contributed by atoms with van der Waals surface area (Å²) in [4.78, 5) is 30.2. The molecule has 0 atom stereocenters. The summed E-state index contributed by atoms with van der Waals surface area (Å²) in [5.41, 5.74) is 1.42. The molecule has 5 heteroatoms. The quantitative estimate of drug-likeness (QED) is 0.439. The van der Waals surface area contributed by atoms with E-state index in [1.807, 2.05) is 41.5 Å². The zero-order valence-corrected chi connectivity index (χ0v) is 17.0. The fraction of sp³-hybridized carbons (Fsp3) is 0.409. The molecule has 0 saturated carbocycles. The van der Waals surface area contributed by atoms with Crippen LogP contribution in [0.3, 0.4) is 0 Å². The first-order chi connectivity index (χ1) is 12.4. The van der Waals surface area contributed by atoms with E-state index in [9.17, 15) is 9.59 Å². The number of hydrogen-bond donors (Lipinski definition) is 0. The zero-order valence-electron chi connectivity index (χ0n) is 17.0. The van der Waals surface area contributed by atoms with Gasteiger partial charge in [-0.05, 0) is 47.2 Å². The molecular weight excluding hydrogens is 342 g/mol. The van der Waals surface area contributed by atoms with E-state index < -0.39 is 5.97 Å². The Labute approximate surface area is 160 Å². The Kier molecular flexibility index (Phi) is 5.73. The lowest BCUT2D eigenvalue weighted by Crippen LogP contribution is -2.29. The van der Waals surface area contributed by atoms with Crippen molar-refractivity contribution in [1.82, 2.24) is 0 Å². The number of oxime groups is 1. The van der Waals surface area contributed by atoms with Crippen molar-refractivity contribution in [3.8, 4) is 5.75 Å². The molecule has 1 aliphatic carbocycles. The van der Waals surface area contributed by atoms with Crippen molar-refractivity contribution in [3.05, 3.63) is 53.1 Å². The lowest BCUT2D eigenvalue weighted by Gasteiger charge is -2.30.